The van der Waals surface area contributed by atoms with Crippen molar-refractivity contribution in [2.75, 3.05) is 6.61 Å². The molecule has 2 aromatic carbocycles. The molecule has 0 aliphatic heterocycles. The largest absolute Gasteiger partial charge is 0.376 e. The van der Waals surface area contributed by atoms with Gasteiger partial charge in [0, 0.05) is 5.41 Å². The van der Waals surface area contributed by atoms with Gasteiger partial charge in [-0.3, -0.25) is 4.79 Å². The molecule has 2 heteroatoms. The zero-order chi connectivity index (χ0) is 26.4. The lowest BCUT2D eigenvalue weighted by atomic mass is 9.44. The van der Waals surface area contributed by atoms with Gasteiger partial charge in [-0.15, -0.1) is 0 Å². The van der Waals surface area contributed by atoms with Crippen molar-refractivity contribution >= 4 is 5.78 Å². The van der Waals surface area contributed by atoms with E-state index >= 15 is 0 Å². The second-order valence-corrected chi connectivity index (χ2v) is 13.7. The minimum absolute atomic E-state index is 0.111. The van der Waals surface area contributed by atoms with Gasteiger partial charge in [0.2, 0.25) is 0 Å². The fraction of sp³-hybridized carbons (Fsp3) is 0.583. The van der Waals surface area contributed by atoms with Crippen molar-refractivity contribution in [1.82, 2.24) is 0 Å². The zero-order valence-corrected chi connectivity index (χ0v) is 23.8. The van der Waals surface area contributed by atoms with Gasteiger partial charge in [-0.1, -0.05) is 86.2 Å². The topological polar surface area (TPSA) is 26.3 Å². The molecule has 0 saturated heterocycles. The summed E-state index contributed by atoms with van der Waals surface area (Å²) in [6, 6.07) is 21.4. The van der Waals surface area contributed by atoms with Crippen molar-refractivity contribution in [3.05, 3.63) is 83.4 Å². The average molecular weight is 511 g/mol. The van der Waals surface area contributed by atoms with Gasteiger partial charge < -0.3 is 4.74 Å². The molecule has 7 atom stereocenters. The van der Waals surface area contributed by atoms with Crippen molar-refractivity contribution < 1.29 is 9.53 Å². The second kappa shape index (κ2) is 10.1. The predicted octanol–water partition coefficient (Wildman–Crippen LogP) is 8.60. The monoisotopic (exact) mass is 510 g/mol. The van der Waals surface area contributed by atoms with Gasteiger partial charge in [-0.25, -0.2) is 0 Å². The molecule has 2 aromatic rings. The Kier molecular flexibility index (Phi) is 6.92. The molecule has 38 heavy (non-hydrogen) atoms. The Hall–Kier alpha value is -2.19. The Bertz CT molecular complexity index is 1170. The second-order valence-electron chi connectivity index (χ2n) is 13.7. The molecule has 6 unspecified atom stereocenters. The lowest BCUT2D eigenvalue weighted by molar-refractivity contribution is -0.140. The van der Waals surface area contributed by atoms with E-state index in [9.17, 15) is 4.79 Å². The van der Waals surface area contributed by atoms with Gasteiger partial charge in [-0.2, -0.15) is 0 Å². The van der Waals surface area contributed by atoms with E-state index in [-0.39, 0.29) is 10.8 Å². The van der Waals surface area contributed by atoms with Crippen LogP contribution in [0.2, 0.25) is 0 Å². The molecule has 0 amide bonds. The lowest BCUT2D eigenvalue weighted by Crippen LogP contribution is -2.54. The molecule has 6 rings (SSSR count). The third kappa shape index (κ3) is 4.23. The van der Waals surface area contributed by atoms with Gasteiger partial charge in [0.15, 0.2) is 0 Å². The predicted molar refractivity (Wildman–Crippen MR) is 155 cm³/mol. The number of ether oxygens (including phenoxy) is 1. The van der Waals surface area contributed by atoms with E-state index in [0.29, 0.717) is 23.0 Å². The van der Waals surface area contributed by atoms with E-state index in [2.05, 4.69) is 80.6 Å². The summed E-state index contributed by atoms with van der Waals surface area (Å²) in [7, 11) is 0. The molecule has 4 aliphatic rings. The number of benzene rings is 2. The first-order valence-electron chi connectivity index (χ1n) is 15.2. The molecule has 3 saturated carbocycles. The van der Waals surface area contributed by atoms with E-state index in [1.54, 1.807) is 5.57 Å². The van der Waals surface area contributed by atoms with Gasteiger partial charge >= 0.3 is 0 Å². The maximum Gasteiger partial charge on any atom is 0.136 e. The summed E-state index contributed by atoms with van der Waals surface area (Å²) in [6.45, 7) is 8.59. The van der Waals surface area contributed by atoms with Gasteiger partial charge in [0.25, 0.3) is 0 Å². The van der Waals surface area contributed by atoms with Crippen LogP contribution in [-0.4, -0.2) is 12.4 Å². The van der Waals surface area contributed by atoms with E-state index in [1.165, 1.54) is 56.1 Å². The number of rotatable bonds is 7. The number of allylic oxidation sites excluding steroid dienone is 2. The summed E-state index contributed by atoms with van der Waals surface area (Å²) in [4.78, 5) is 13.5. The van der Waals surface area contributed by atoms with Gasteiger partial charge in [0.05, 0.1) is 13.2 Å². The average Bonchev–Trinajstić information content (AvgIpc) is 3.23. The zero-order valence-electron chi connectivity index (χ0n) is 23.8. The van der Waals surface area contributed by atoms with Crippen molar-refractivity contribution in [3.8, 4) is 0 Å². The normalized spacial score (nSPS) is 38.0. The molecule has 0 aromatic heterocycles. The summed E-state index contributed by atoms with van der Waals surface area (Å²) >= 11 is 0. The first-order valence-corrected chi connectivity index (χ1v) is 15.2. The van der Waals surface area contributed by atoms with Crippen LogP contribution >= 0.6 is 0 Å². The van der Waals surface area contributed by atoms with Gasteiger partial charge in [0.1, 0.15) is 5.78 Å². The molecule has 0 bridgehead atoms. The molecule has 0 N–H and O–H groups in total. The number of fused-ring (bicyclic) bond motifs is 5. The van der Waals surface area contributed by atoms with E-state index in [0.717, 1.165) is 37.9 Å². The first-order chi connectivity index (χ1) is 18.4. The van der Waals surface area contributed by atoms with Gasteiger partial charge in [-0.05, 0) is 110 Å². The molecule has 0 spiro atoms. The fourth-order valence-corrected chi connectivity index (χ4v) is 9.87. The summed E-state index contributed by atoms with van der Waals surface area (Å²) in [5.74, 6) is 3.23. The van der Waals surface area contributed by atoms with Crippen LogP contribution in [0.4, 0.5) is 0 Å². The Morgan fingerprint density at radius 1 is 0.868 bits per heavy atom. The Morgan fingerprint density at radius 3 is 2.26 bits per heavy atom. The highest BCUT2D eigenvalue weighted by Crippen LogP contribution is 2.70. The third-order valence-corrected chi connectivity index (χ3v) is 12.1. The minimum Gasteiger partial charge on any atom is -0.376 e. The summed E-state index contributed by atoms with van der Waals surface area (Å²) in [6.07, 6.45) is 13.3. The van der Waals surface area contributed by atoms with Crippen molar-refractivity contribution in [1.29, 1.82) is 0 Å². The SMILES string of the molecule is CC(=O)C1(Cc2ccccc2)CCC2C3CC=C4CC(COCc5ccccc5)CCC4(C)C3CC[C@@]21C. The van der Waals surface area contributed by atoms with Crippen molar-refractivity contribution in [2.45, 2.75) is 85.2 Å². The maximum atomic E-state index is 13.5. The molecular formula is C36H46O2. The number of hydrogen-bond acceptors (Lipinski definition) is 2. The van der Waals surface area contributed by atoms with Crippen LogP contribution in [0.15, 0.2) is 72.3 Å². The molecule has 202 valence electrons. The van der Waals surface area contributed by atoms with E-state index < -0.39 is 0 Å². The molecular weight excluding hydrogens is 464 g/mol. The first kappa shape index (κ1) is 26.1. The highest BCUT2D eigenvalue weighted by Gasteiger charge is 2.65. The van der Waals surface area contributed by atoms with Crippen LogP contribution in [0, 0.1) is 39.9 Å². The number of carbonyl (C=O) groups excluding carboxylic acids is 1. The summed E-state index contributed by atoms with van der Waals surface area (Å²) in [5, 5.41) is 0. The number of hydrogen-bond donors (Lipinski definition) is 0. The van der Waals surface area contributed by atoms with Crippen molar-refractivity contribution in [2.24, 2.45) is 39.9 Å². The molecule has 2 nitrogen and oxygen atoms in total. The standard InChI is InChI=1S/C36H46O2/c1-26(37)36(23-27-10-6-4-7-11-27)21-18-33-31-15-14-30-22-29(25-38-24-28-12-8-5-9-13-28)16-19-34(30,2)32(31)17-20-35(33,36)3/h4-14,29,31-33H,15-25H2,1-3H3/t29?,31?,32?,33?,34?,35-,36?/m0/s1. The van der Waals surface area contributed by atoms with Crippen LogP contribution < -0.4 is 0 Å². The number of carbonyl (C=O) groups is 1. The van der Waals surface area contributed by atoms with E-state index in [1.807, 2.05) is 6.92 Å². The minimum atomic E-state index is -0.206. The lowest BCUT2D eigenvalue weighted by Gasteiger charge is -2.59. The molecule has 0 heterocycles. The van der Waals surface area contributed by atoms with Crippen molar-refractivity contribution in [3.63, 3.8) is 0 Å². The smallest absolute Gasteiger partial charge is 0.136 e. The van der Waals surface area contributed by atoms with Crippen LogP contribution in [0.1, 0.15) is 83.3 Å². The Balaban J connectivity index is 1.18. The van der Waals surface area contributed by atoms with Crippen LogP contribution in [0.5, 0.6) is 0 Å². The number of Topliss-reactive ketones (excluding diaryl/α,β-unsaturated/α-hetero) is 1. The third-order valence-electron chi connectivity index (χ3n) is 12.1. The quantitative estimate of drug-likeness (QED) is 0.349. The van der Waals surface area contributed by atoms with E-state index in [4.69, 9.17) is 4.74 Å². The Labute approximate surface area is 230 Å². The number of ketones is 1. The van der Waals surface area contributed by atoms with Crippen LogP contribution in [0.25, 0.3) is 0 Å². The fourth-order valence-electron chi connectivity index (χ4n) is 9.87. The summed E-state index contributed by atoms with van der Waals surface area (Å²) < 4.78 is 6.18. The van der Waals surface area contributed by atoms with Crippen LogP contribution in [-0.2, 0) is 22.6 Å². The highest BCUT2D eigenvalue weighted by atomic mass is 16.5. The summed E-state index contributed by atoms with van der Waals surface area (Å²) in [5.41, 5.74) is 4.56. The Morgan fingerprint density at radius 2 is 1.55 bits per heavy atom. The van der Waals surface area contributed by atoms with Crippen LogP contribution in [0.3, 0.4) is 0 Å². The molecule has 4 aliphatic carbocycles. The molecule has 0 radical (unpaired) electrons. The highest BCUT2D eigenvalue weighted by molar-refractivity contribution is 5.84. The molecule has 3 fully saturated rings. The maximum absolute atomic E-state index is 13.5.